The number of aromatic nitrogens is 4. The predicted molar refractivity (Wildman–Crippen MR) is 91.8 cm³/mol. The first-order chi connectivity index (χ1) is 11.5. The fourth-order valence-corrected chi connectivity index (χ4v) is 3.26. The van der Waals surface area contributed by atoms with Crippen molar-refractivity contribution in [3.05, 3.63) is 35.5 Å². The maximum atomic E-state index is 12.3. The Morgan fingerprint density at radius 3 is 2.96 bits per heavy atom. The number of carbonyl (C=O) groups is 1. The van der Waals surface area contributed by atoms with E-state index < -0.39 is 0 Å². The Morgan fingerprint density at radius 1 is 1.42 bits per heavy atom. The molecule has 0 bridgehead atoms. The zero-order chi connectivity index (χ0) is 17.1. The second-order valence-electron chi connectivity index (χ2n) is 6.45. The number of nitrogens with one attached hydrogen (secondary N) is 1. The second-order valence-corrected chi connectivity index (χ2v) is 6.45. The van der Waals surface area contributed by atoms with Gasteiger partial charge in [-0.2, -0.15) is 5.10 Å². The fraction of sp³-hybridized carbons (Fsp3) is 0.529. The van der Waals surface area contributed by atoms with Crippen LogP contribution in [0.3, 0.4) is 0 Å². The van der Waals surface area contributed by atoms with Crippen LogP contribution < -0.4 is 5.32 Å². The van der Waals surface area contributed by atoms with Crippen LogP contribution in [0.5, 0.6) is 0 Å². The van der Waals surface area contributed by atoms with Gasteiger partial charge >= 0.3 is 0 Å². The molecule has 0 saturated carbocycles. The summed E-state index contributed by atoms with van der Waals surface area (Å²) in [5, 5.41) is 7.18. The van der Waals surface area contributed by atoms with Gasteiger partial charge in [-0.1, -0.05) is 0 Å². The van der Waals surface area contributed by atoms with E-state index in [4.69, 9.17) is 0 Å². The van der Waals surface area contributed by atoms with E-state index in [1.54, 1.807) is 4.68 Å². The monoisotopic (exact) mass is 328 g/mol. The first-order valence-electron chi connectivity index (χ1n) is 8.33. The normalized spacial score (nSPS) is 18.5. The van der Waals surface area contributed by atoms with Crippen molar-refractivity contribution in [3.63, 3.8) is 0 Å². The molecule has 128 valence electrons. The molecule has 0 radical (unpaired) electrons. The zero-order valence-corrected chi connectivity index (χ0v) is 14.5. The molecular formula is C17H24N6O. The summed E-state index contributed by atoms with van der Waals surface area (Å²) in [5.41, 5.74) is 1.97. The molecule has 1 amide bonds. The Balaban J connectivity index is 1.59. The van der Waals surface area contributed by atoms with Gasteiger partial charge in [0.15, 0.2) is 0 Å². The fourth-order valence-electron chi connectivity index (χ4n) is 3.26. The number of rotatable bonds is 4. The molecule has 3 heterocycles. The maximum absolute atomic E-state index is 12.3. The highest BCUT2D eigenvalue weighted by molar-refractivity contribution is 5.91. The molecule has 1 atom stereocenters. The van der Waals surface area contributed by atoms with Gasteiger partial charge in [-0.3, -0.25) is 14.4 Å². The Morgan fingerprint density at radius 2 is 2.25 bits per heavy atom. The largest absolute Gasteiger partial charge is 0.310 e. The molecule has 1 fully saturated rings. The molecule has 1 saturated heterocycles. The van der Waals surface area contributed by atoms with E-state index in [0.29, 0.717) is 12.5 Å². The topological polar surface area (TPSA) is 75.9 Å². The molecular weight excluding hydrogens is 304 g/mol. The highest BCUT2D eigenvalue weighted by Crippen LogP contribution is 2.25. The summed E-state index contributed by atoms with van der Waals surface area (Å²) in [6, 6.07) is 3.86. The number of hydrogen-bond donors (Lipinski definition) is 1. The summed E-state index contributed by atoms with van der Waals surface area (Å²) >= 11 is 0. The highest BCUT2D eigenvalue weighted by Gasteiger charge is 2.24. The quantitative estimate of drug-likeness (QED) is 0.923. The van der Waals surface area contributed by atoms with Crippen LogP contribution in [0, 0.1) is 13.8 Å². The van der Waals surface area contributed by atoms with Crippen LogP contribution in [0.4, 0.5) is 5.82 Å². The van der Waals surface area contributed by atoms with Gasteiger partial charge in [0.2, 0.25) is 5.91 Å². The third kappa shape index (κ3) is 3.97. The standard InChI is InChI=1S/C17H24N6O/c1-12-9-16(22(3)21-12)20-17(24)11-23-8-4-5-14(10-23)15-6-7-18-13(2)19-15/h6-7,9,14H,4-5,8,10-11H2,1-3H3,(H,20,24)/t14-/m0/s1. The summed E-state index contributed by atoms with van der Waals surface area (Å²) in [6.45, 7) is 6.01. The van der Waals surface area contributed by atoms with E-state index >= 15 is 0 Å². The van der Waals surface area contributed by atoms with Crippen LogP contribution >= 0.6 is 0 Å². The van der Waals surface area contributed by atoms with Crippen LogP contribution in [0.2, 0.25) is 0 Å². The molecule has 7 heteroatoms. The molecule has 7 nitrogen and oxygen atoms in total. The molecule has 1 N–H and O–H groups in total. The molecule has 1 aliphatic rings. The molecule has 0 unspecified atom stereocenters. The Hall–Kier alpha value is -2.28. The zero-order valence-electron chi connectivity index (χ0n) is 14.5. The lowest BCUT2D eigenvalue weighted by Gasteiger charge is -2.31. The minimum absolute atomic E-state index is 0.00230. The molecule has 1 aliphatic heterocycles. The maximum Gasteiger partial charge on any atom is 0.239 e. The van der Waals surface area contributed by atoms with Gasteiger partial charge in [0.05, 0.1) is 12.2 Å². The van der Waals surface area contributed by atoms with Gasteiger partial charge in [0.25, 0.3) is 0 Å². The smallest absolute Gasteiger partial charge is 0.239 e. The van der Waals surface area contributed by atoms with Crippen molar-refractivity contribution < 1.29 is 4.79 Å². The molecule has 0 aromatic carbocycles. The molecule has 0 aliphatic carbocycles. The number of carbonyl (C=O) groups excluding carboxylic acids is 1. The molecule has 24 heavy (non-hydrogen) atoms. The Kier molecular flexibility index (Phi) is 4.89. The van der Waals surface area contributed by atoms with Gasteiger partial charge in [-0.05, 0) is 39.3 Å². The van der Waals surface area contributed by atoms with Crippen molar-refractivity contribution in [2.75, 3.05) is 25.0 Å². The lowest BCUT2D eigenvalue weighted by atomic mass is 9.94. The van der Waals surface area contributed by atoms with Crippen molar-refractivity contribution in [2.24, 2.45) is 7.05 Å². The van der Waals surface area contributed by atoms with Crippen molar-refractivity contribution in [3.8, 4) is 0 Å². The number of likely N-dealkylation sites (tertiary alicyclic amines) is 1. The summed E-state index contributed by atoms with van der Waals surface area (Å²) in [7, 11) is 1.83. The van der Waals surface area contributed by atoms with Crippen LogP contribution in [-0.2, 0) is 11.8 Å². The SMILES string of the molecule is Cc1cc(NC(=O)CN2CCC[C@H](c3ccnc(C)n3)C2)n(C)n1. The van der Waals surface area contributed by atoms with Crippen molar-refractivity contribution in [2.45, 2.75) is 32.6 Å². The molecule has 0 spiro atoms. The summed E-state index contributed by atoms with van der Waals surface area (Å²) < 4.78 is 1.69. The lowest BCUT2D eigenvalue weighted by molar-refractivity contribution is -0.117. The summed E-state index contributed by atoms with van der Waals surface area (Å²) in [5.74, 6) is 1.90. The first-order valence-corrected chi connectivity index (χ1v) is 8.33. The van der Waals surface area contributed by atoms with E-state index in [9.17, 15) is 4.79 Å². The van der Waals surface area contributed by atoms with Crippen LogP contribution in [0.25, 0.3) is 0 Å². The number of hydrogen-bond acceptors (Lipinski definition) is 5. The highest BCUT2D eigenvalue weighted by atomic mass is 16.2. The van der Waals surface area contributed by atoms with Gasteiger partial charge in [-0.25, -0.2) is 9.97 Å². The minimum Gasteiger partial charge on any atom is -0.310 e. The second kappa shape index (κ2) is 7.09. The average molecular weight is 328 g/mol. The lowest BCUT2D eigenvalue weighted by Crippen LogP contribution is -2.40. The Bertz CT molecular complexity index is 726. The van der Waals surface area contributed by atoms with E-state index in [1.807, 2.05) is 39.2 Å². The van der Waals surface area contributed by atoms with Crippen molar-refractivity contribution in [1.82, 2.24) is 24.6 Å². The molecule has 2 aromatic heterocycles. The number of aryl methyl sites for hydroxylation is 3. The summed E-state index contributed by atoms with van der Waals surface area (Å²) in [6.07, 6.45) is 4.00. The number of piperidine rings is 1. The van der Waals surface area contributed by atoms with E-state index in [1.165, 1.54) is 0 Å². The molecule has 3 rings (SSSR count). The van der Waals surface area contributed by atoms with Crippen LogP contribution in [0.1, 0.15) is 36.0 Å². The van der Waals surface area contributed by atoms with Crippen molar-refractivity contribution >= 4 is 11.7 Å². The van der Waals surface area contributed by atoms with Crippen LogP contribution in [-0.4, -0.2) is 50.2 Å². The number of anilines is 1. The average Bonchev–Trinajstić information content (AvgIpc) is 2.85. The van der Waals surface area contributed by atoms with Gasteiger partial charge in [0, 0.05) is 37.5 Å². The number of nitrogens with zero attached hydrogens (tertiary/aromatic N) is 5. The third-order valence-electron chi connectivity index (χ3n) is 4.36. The molecule has 2 aromatic rings. The van der Waals surface area contributed by atoms with Gasteiger partial charge in [0.1, 0.15) is 11.6 Å². The van der Waals surface area contributed by atoms with Gasteiger partial charge < -0.3 is 5.32 Å². The predicted octanol–water partition coefficient (Wildman–Crippen LogP) is 1.65. The van der Waals surface area contributed by atoms with E-state index in [-0.39, 0.29) is 5.91 Å². The van der Waals surface area contributed by atoms with Crippen molar-refractivity contribution in [1.29, 1.82) is 0 Å². The Labute approximate surface area is 142 Å². The first kappa shape index (κ1) is 16.6. The minimum atomic E-state index is -0.00230. The van der Waals surface area contributed by atoms with Crippen LogP contribution in [0.15, 0.2) is 18.3 Å². The van der Waals surface area contributed by atoms with E-state index in [0.717, 1.165) is 49.0 Å². The third-order valence-corrected chi connectivity index (χ3v) is 4.36. The summed E-state index contributed by atoms with van der Waals surface area (Å²) in [4.78, 5) is 23.2. The number of amides is 1. The van der Waals surface area contributed by atoms with E-state index in [2.05, 4.69) is 25.3 Å². The van der Waals surface area contributed by atoms with Gasteiger partial charge in [-0.15, -0.1) is 0 Å².